The van der Waals surface area contributed by atoms with Gasteiger partial charge in [0.05, 0.1) is 15.7 Å². The number of halogens is 4. The number of hydrogen-bond acceptors (Lipinski definition) is 3. The first kappa shape index (κ1) is 19.3. The molecule has 0 heterocycles. The molecule has 0 saturated heterocycles. The minimum atomic E-state index is -4.22. The summed E-state index contributed by atoms with van der Waals surface area (Å²) in [5.41, 5.74) is 5.29. The monoisotopic (exact) mass is 470 g/mol. The molecule has 0 aliphatic carbocycles. The highest BCUT2D eigenvalue weighted by Gasteiger charge is 2.30. The molecule has 5 nitrogen and oxygen atoms in total. The molecule has 2 rings (SSSR count). The van der Waals surface area contributed by atoms with Crippen molar-refractivity contribution in [3.63, 3.8) is 0 Å². The van der Waals surface area contributed by atoms with E-state index >= 15 is 0 Å². The van der Waals surface area contributed by atoms with Crippen molar-refractivity contribution in [2.24, 2.45) is 5.73 Å². The molecule has 1 amide bonds. The van der Waals surface area contributed by atoms with Gasteiger partial charge in [-0.05, 0) is 36.4 Å². The summed E-state index contributed by atoms with van der Waals surface area (Å²) in [6, 6.07) is 8.53. The number of amides is 1. The Morgan fingerprint density at radius 2 is 1.75 bits per heavy atom. The van der Waals surface area contributed by atoms with Crippen LogP contribution < -0.4 is 10.0 Å². The summed E-state index contributed by atoms with van der Waals surface area (Å²) in [7, 11) is -4.22. The number of rotatable bonds is 5. The maximum absolute atomic E-state index is 13.0. The average Bonchev–Trinajstić information content (AvgIpc) is 2.47. The van der Waals surface area contributed by atoms with Gasteiger partial charge < -0.3 is 5.73 Å². The number of carbonyl (C=O) groups excluding carboxylic acids is 1. The fraction of sp³-hybridized carbons (Fsp3) is 0.0714. The van der Waals surface area contributed by atoms with E-state index in [1.165, 1.54) is 30.3 Å². The van der Waals surface area contributed by atoms with E-state index in [9.17, 15) is 13.2 Å². The van der Waals surface area contributed by atoms with Crippen LogP contribution in [-0.4, -0.2) is 20.9 Å². The molecule has 0 aliphatic rings. The maximum atomic E-state index is 13.0. The Morgan fingerprint density at radius 3 is 2.33 bits per heavy atom. The van der Waals surface area contributed by atoms with Gasteiger partial charge in [0.15, 0.2) is 0 Å². The van der Waals surface area contributed by atoms with E-state index in [1.54, 1.807) is 6.07 Å². The normalized spacial score (nSPS) is 11.3. The first-order chi connectivity index (χ1) is 11.1. The molecule has 2 N–H and O–H groups in total. The fourth-order valence-electron chi connectivity index (χ4n) is 1.92. The van der Waals surface area contributed by atoms with Gasteiger partial charge in [0.1, 0.15) is 11.4 Å². The molecule has 24 heavy (non-hydrogen) atoms. The maximum Gasteiger partial charge on any atom is 0.266 e. The zero-order chi connectivity index (χ0) is 18.1. The van der Waals surface area contributed by atoms with Crippen molar-refractivity contribution in [3.8, 4) is 0 Å². The van der Waals surface area contributed by atoms with Crippen molar-refractivity contribution < 1.29 is 13.2 Å². The molecular formula is C14H10BrCl3N2O3S. The van der Waals surface area contributed by atoms with Crippen molar-refractivity contribution in [1.29, 1.82) is 0 Å². The third-order valence-corrected chi connectivity index (χ3v) is 6.21. The third kappa shape index (κ3) is 4.15. The second-order valence-electron chi connectivity index (χ2n) is 4.65. The molecule has 0 aromatic heterocycles. The Balaban J connectivity index is 2.66. The van der Waals surface area contributed by atoms with Gasteiger partial charge in [-0.15, -0.1) is 0 Å². The van der Waals surface area contributed by atoms with Gasteiger partial charge in [-0.25, -0.2) is 8.42 Å². The predicted octanol–water partition coefficient (Wildman–Crippen LogP) is 4.09. The lowest BCUT2D eigenvalue weighted by molar-refractivity contribution is -0.116. The second kappa shape index (κ2) is 7.49. The molecule has 0 atom stereocenters. The summed E-state index contributed by atoms with van der Waals surface area (Å²) in [5.74, 6) is -0.851. The SMILES string of the molecule is NC(=O)CN(c1ccc(Br)cc1Cl)S(=O)(=O)c1cc(Cl)ccc1Cl. The number of anilines is 1. The molecule has 0 fully saturated rings. The summed E-state index contributed by atoms with van der Waals surface area (Å²) in [5, 5.41) is 0.258. The van der Waals surface area contributed by atoms with Gasteiger partial charge in [0.25, 0.3) is 10.0 Å². The van der Waals surface area contributed by atoms with E-state index in [2.05, 4.69) is 15.9 Å². The van der Waals surface area contributed by atoms with E-state index in [1.807, 2.05) is 0 Å². The van der Waals surface area contributed by atoms with Gasteiger partial charge in [0.2, 0.25) is 5.91 Å². The van der Waals surface area contributed by atoms with Crippen molar-refractivity contribution in [2.45, 2.75) is 4.90 Å². The number of carbonyl (C=O) groups is 1. The van der Waals surface area contributed by atoms with Crippen molar-refractivity contribution >= 4 is 72.4 Å². The smallest absolute Gasteiger partial charge is 0.266 e. The van der Waals surface area contributed by atoms with E-state index in [0.29, 0.717) is 4.47 Å². The second-order valence-corrected chi connectivity index (χ2v) is 8.65. The molecule has 128 valence electrons. The lowest BCUT2D eigenvalue weighted by Gasteiger charge is -2.24. The van der Waals surface area contributed by atoms with Crippen molar-refractivity contribution in [1.82, 2.24) is 0 Å². The van der Waals surface area contributed by atoms with Gasteiger partial charge >= 0.3 is 0 Å². The van der Waals surface area contributed by atoms with Crippen LogP contribution >= 0.6 is 50.7 Å². The molecule has 0 aliphatic heterocycles. The number of nitrogens with two attached hydrogens (primary N) is 1. The van der Waals surface area contributed by atoms with Crippen molar-refractivity contribution in [3.05, 3.63) is 55.9 Å². The summed E-state index contributed by atoms with van der Waals surface area (Å²) in [4.78, 5) is 11.1. The minimum Gasteiger partial charge on any atom is -0.368 e. The predicted molar refractivity (Wildman–Crippen MR) is 99.3 cm³/mol. The molecule has 0 bridgehead atoms. The number of sulfonamides is 1. The summed E-state index contributed by atoms with van der Waals surface area (Å²) in [6.07, 6.45) is 0. The zero-order valence-electron chi connectivity index (χ0n) is 11.8. The van der Waals surface area contributed by atoms with Gasteiger partial charge in [-0.1, -0.05) is 50.7 Å². The van der Waals surface area contributed by atoms with Crippen molar-refractivity contribution in [2.75, 3.05) is 10.8 Å². The van der Waals surface area contributed by atoms with Gasteiger partial charge in [-0.3, -0.25) is 9.10 Å². The molecule has 0 saturated carbocycles. The number of nitrogens with zero attached hydrogens (tertiary/aromatic N) is 1. The van der Waals surface area contributed by atoms with Crippen LogP contribution in [0, 0.1) is 0 Å². The first-order valence-electron chi connectivity index (χ1n) is 6.34. The average molecular weight is 473 g/mol. The number of primary amides is 1. The molecule has 2 aromatic carbocycles. The van der Waals surface area contributed by atoms with Crippen LogP contribution in [0.1, 0.15) is 0 Å². The molecule has 0 unspecified atom stereocenters. The van der Waals surface area contributed by atoms with Crippen LogP contribution in [0.25, 0.3) is 0 Å². The summed E-state index contributed by atoms with van der Waals surface area (Å²) >= 11 is 21.2. The molecular weight excluding hydrogens is 462 g/mol. The van der Waals surface area contributed by atoms with Gasteiger partial charge in [0, 0.05) is 9.50 Å². The Bertz CT molecular complexity index is 906. The molecule has 0 radical (unpaired) electrons. The Labute approximate surface area is 162 Å². The first-order valence-corrected chi connectivity index (χ1v) is 9.71. The highest BCUT2D eigenvalue weighted by molar-refractivity contribution is 9.10. The van der Waals surface area contributed by atoms with Crippen LogP contribution in [0.15, 0.2) is 45.8 Å². The van der Waals surface area contributed by atoms with E-state index in [-0.39, 0.29) is 25.7 Å². The largest absolute Gasteiger partial charge is 0.368 e. The Morgan fingerprint density at radius 1 is 1.08 bits per heavy atom. The lowest BCUT2D eigenvalue weighted by atomic mass is 10.3. The lowest BCUT2D eigenvalue weighted by Crippen LogP contribution is -2.38. The van der Waals surface area contributed by atoms with E-state index in [0.717, 1.165) is 4.31 Å². The molecule has 2 aromatic rings. The van der Waals surface area contributed by atoms with E-state index in [4.69, 9.17) is 40.5 Å². The standard InChI is InChI=1S/C14H10BrCl3N2O3S/c15-8-1-4-12(11(18)5-8)20(7-14(19)21)24(22,23)13-6-9(16)2-3-10(13)17/h1-6H,7H2,(H2,19,21). The topological polar surface area (TPSA) is 80.5 Å². The fourth-order valence-corrected chi connectivity index (χ4v) is 4.93. The summed E-state index contributed by atoms with van der Waals surface area (Å²) in [6.45, 7) is -0.605. The zero-order valence-corrected chi connectivity index (χ0v) is 16.5. The summed E-state index contributed by atoms with van der Waals surface area (Å²) < 4.78 is 27.4. The highest BCUT2D eigenvalue weighted by Crippen LogP contribution is 2.35. The van der Waals surface area contributed by atoms with E-state index < -0.39 is 22.5 Å². The number of benzene rings is 2. The van der Waals surface area contributed by atoms with Crippen LogP contribution in [0.2, 0.25) is 15.1 Å². The minimum absolute atomic E-state index is 0.0397. The quantitative estimate of drug-likeness (QED) is 0.712. The molecule has 10 heteroatoms. The molecule has 0 spiro atoms. The van der Waals surface area contributed by atoms with Gasteiger partial charge in [-0.2, -0.15) is 0 Å². The van der Waals surface area contributed by atoms with Crippen LogP contribution in [0.5, 0.6) is 0 Å². The Kier molecular flexibility index (Phi) is 6.04. The van der Waals surface area contributed by atoms with Crippen LogP contribution in [0.3, 0.4) is 0 Å². The van der Waals surface area contributed by atoms with Crippen LogP contribution in [-0.2, 0) is 14.8 Å². The third-order valence-electron chi connectivity index (χ3n) is 2.94. The number of hydrogen-bond donors (Lipinski definition) is 1. The van der Waals surface area contributed by atoms with Crippen LogP contribution in [0.4, 0.5) is 5.69 Å². The highest BCUT2D eigenvalue weighted by atomic mass is 79.9. The Hall–Kier alpha value is -0.990.